The summed E-state index contributed by atoms with van der Waals surface area (Å²) in [5, 5.41) is 0. The Labute approximate surface area is 133 Å². The second-order valence-corrected chi connectivity index (χ2v) is 6.55. The first-order valence-corrected chi connectivity index (χ1v) is 8.38. The molecule has 1 saturated carbocycles. The van der Waals surface area contributed by atoms with E-state index in [-0.39, 0.29) is 0 Å². The smallest absolute Gasteiger partial charge is 0.0123 e. The van der Waals surface area contributed by atoms with Crippen molar-refractivity contribution in [1.82, 2.24) is 0 Å². The average Bonchev–Trinajstić information content (AvgIpc) is 3.01. The third kappa shape index (κ3) is 2.43. The van der Waals surface area contributed by atoms with E-state index in [0.29, 0.717) is 17.8 Å². The van der Waals surface area contributed by atoms with Gasteiger partial charge in [0.25, 0.3) is 0 Å². The molecule has 110 valence electrons. The van der Waals surface area contributed by atoms with Crippen molar-refractivity contribution in [2.24, 2.45) is 17.8 Å². The third-order valence-corrected chi connectivity index (χ3v) is 5.37. The zero-order valence-corrected chi connectivity index (χ0v) is 12.8. The lowest BCUT2D eigenvalue weighted by Gasteiger charge is -2.30. The minimum absolute atomic E-state index is 0.508. The topological polar surface area (TPSA) is 0 Å². The molecule has 0 aliphatic heterocycles. The number of hydrogen-bond donors (Lipinski definition) is 0. The molecule has 0 bridgehead atoms. The zero-order valence-electron chi connectivity index (χ0n) is 12.8. The predicted molar refractivity (Wildman–Crippen MR) is 92.7 cm³/mol. The molecule has 3 atom stereocenters. The van der Waals surface area contributed by atoms with Gasteiger partial charge in [0.15, 0.2) is 0 Å². The highest BCUT2D eigenvalue weighted by Gasteiger charge is 2.39. The van der Waals surface area contributed by atoms with E-state index in [4.69, 9.17) is 0 Å². The summed E-state index contributed by atoms with van der Waals surface area (Å²) in [6.45, 7) is 0. The van der Waals surface area contributed by atoms with Crippen LogP contribution in [0, 0.1) is 17.8 Å². The fourth-order valence-electron chi connectivity index (χ4n) is 4.39. The van der Waals surface area contributed by atoms with Crippen molar-refractivity contribution in [2.45, 2.75) is 18.8 Å². The van der Waals surface area contributed by atoms with Gasteiger partial charge in [-0.1, -0.05) is 85.0 Å². The molecule has 2 aromatic rings. The maximum absolute atomic E-state index is 2.45. The lowest BCUT2D eigenvalue weighted by Crippen LogP contribution is -2.21. The van der Waals surface area contributed by atoms with Crippen LogP contribution in [-0.4, -0.2) is 0 Å². The van der Waals surface area contributed by atoms with Crippen LogP contribution in [-0.2, 0) is 0 Å². The first-order chi connectivity index (χ1) is 10.9. The number of hydrogen-bond acceptors (Lipinski definition) is 0. The Balaban J connectivity index is 1.75. The Kier molecular flexibility index (Phi) is 3.68. The van der Waals surface area contributed by atoms with Gasteiger partial charge >= 0.3 is 0 Å². The largest absolute Gasteiger partial charge is 0.0808 e. The molecular formula is C22H22. The first-order valence-electron chi connectivity index (χ1n) is 8.38. The summed E-state index contributed by atoms with van der Waals surface area (Å²) in [5.74, 6) is 2.64. The van der Waals surface area contributed by atoms with Gasteiger partial charge in [-0.3, -0.25) is 0 Å². The monoisotopic (exact) mass is 286 g/mol. The van der Waals surface area contributed by atoms with Crippen LogP contribution in [0.5, 0.6) is 0 Å². The number of benzene rings is 2. The Morgan fingerprint density at radius 2 is 1.27 bits per heavy atom. The molecule has 0 heterocycles. The molecule has 0 amide bonds. The van der Waals surface area contributed by atoms with Crippen LogP contribution < -0.4 is 0 Å². The van der Waals surface area contributed by atoms with Crippen molar-refractivity contribution in [3.8, 4) is 0 Å². The second-order valence-electron chi connectivity index (χ2n) is 6.55. The Hall–Kier alpha value is -2.08. The summed E-state index contributed by atoms with van der Waals surface area (Å²) >= 11 is 0. The van der Waals surface area contributed by atoms with Crippen LogP contribution in [0.25, 0.3) is 0 Å². The van der Waals surface area contributed by atoms with Crippen molar-refractivity contribution in [1.29, 1.82) is 0 Å². The van der Waals surface area contributed by atoms with E-state index in [1.165, 1.54) is 24.0 Å². The van der Waals surface area contributed by atoms with E-state index in [1.807, 2.05) is 0 Å². The van der Waals surface area contributed by atoms with E-state index in [1.54, 1.807) is 0 Å². The van der Waals surface area contributed by atoms with Crippen LogP contribution in [0.4, 0.5) is 0 Å². The minimum atomic E-state index is 0.508. The highest BCUT2D eigenvalue weighted by Crippen LogP contribution is 2.49. The van der Waals surface area contributed by atoms with E-state index in [9.17, 15) is 0 Å². The van der Waals surface area contributed by atoms with Gasteiger partial charge in [-0.2, -0.15) is 0 Å². The summed E-state index contributed by atoms with van der Waals surface area (Å²) < 4.78 is 0. The molecule has 0 spiro atoms. The van der Waals surface area contributed by atoms with Crippen molar-refractivity contribution < 1.29 is 0 Å². The van der Waals surface area contributed by atoms with Crippen LogP contribution in [0.1, 0.15) is 29.9 Å². The van der Waals surface area contributed by atoms with Gasteiger partial charge in [0.2, 0.25) is 0 Å². The molecule has 22 heavy (non-hydrogen) atoms. The molecule has 3 unspecified atom stereocenters. The quantitative estimate of drug-likeness (QED) is 0.690. The molecule has 4 rings (SSSR count). The Morgan fingerprint density at radius 1 is 0.682 bits per heavy atom. The summed E-state index contributed by atoms with van der Waals surface area (Å²) in [5.41, 5.74) is 2.92. The van der Waals surface area contributed by atoms with E-state index in [0.717, 1.165) is 5.92 Å². The van der Waals surface area contributed by atoms with E-state index < -0.39 is 0 Å². The maximum atomic E-state index is 2.45. The second kappa shape index (κ2) is 5.96. The van der Waals surface area contributed by atoms with Crippen LogP contribution in [0.2, 0.25) is 0 Å². The van der Waals surface area contributed by atoms with Gasteiger partial charge in [-0.05, 0) is 41.7 Å². The predicted octanol–water partition coefficient (Wildman–Crippen LogP) is 5.59. The van der Waals surface area contributed by atoms with E-state index >= 15 is 0 Å². The third-order valence-electron chi connectivity index (χ3n) is 5.37. The standard InChI is InChI=1S/C22H22/c1-3-10-18(11-4-1)22(19-12-5-2-6-13-19)21-16-15-17-9-7-8-14-20(17)21/h1-14,17,20-22H,15-16H2. The Morgan fingerprint density at radius 3 is 1.91 bits per heavy atom. The highest BCUT2D eigenvalue weighted by atomic mass is 14.4. The van der Waals surface area contributed by atoms with Gasteiger partial charge in [-0.25, -0.2) is 0 Å². The average molecular weight is 286 g/mol. The van der Waals surface area contributed by atoms with Crippen LogP contribution >= 0.6 is 0 Å². The fraction of sp³-hybridized carbons (Fsp3) is 0.273. The van der Waals surface area contributed by atoms with Crippen molar-refractivity contribution >= 4 is 0 Å². The summed E-state index contributed by atoms with van der Waals surface area (Å²) in [6.07, 6.45) is 12.0. The molecule has 2 aromatic carbocycles. The summed E-state index contributed by atoms with van der Waals surface area (Å²) in [4.78, 5) is 0. The molecule has 0 radical (unpaired) electrons. The lowest BCUT2D eigenvalue weighted by molar-refractivity contribution is 0.380. The van der Waals surface area contributed by atoms with E-state index in [2.05, 4.69) is 85.0 Å². The molecule has 0 heteroatoms. The van der Waals surface area contributed by atoms with Crippen molar-refractivity contribution in [3.63, 3.8) is 0 Å². The highest BCUT2D eigenvalue weighted by molar-refractivity contribution is 5.35. The van der Waals surface area contributed by atoms with Crippen LogP contribution in [0.15, 0.2) is 85.0 Å². The van der Waals surface area contributed by atoms with Gasteiger partial charge < -0.3 is 0 Å². The maximum Gasteiger partial charge on any atom is 0.0123 e. The number of fused-ring (bicyclic) bond motifs is 1. The van der Waals surface area contributed by atoms with Gasteiger partial charge in [-0.15, -0.1) is 0 Å². The molecule has 0 saturated heterocycles. The SMILES string of the molecule is C1=CC2CCC(C(c3ccccc3)c3ccccc3)C2C=C1. The summed E-state index contributed by atoms with van der Waals surface area (Å²) in [7, 11) is 0. The number of rotatable bonds is 3. The fourth-order valence-corrected chi connectivity index (χ4v) is 4.39. The molecule has 0 N–H and O–H groups in total. The molecule has 2 aliphatic carbocycles. The van der Waals surface area contributed by atoms with Gasteiger partial charge in [0.1, 0.15) is 0 Å². The zero-order chi connectivity index (χ0) is 14.8. The molecule has 0 aromatic heterocycles. The van der Waals surface area contributed by atoms with Gasteiger partial charge in [0, 0.05) is 5.92 Å². The minimum Gasteiger partial charge on any atom is -0.0808 e. The molecule has 2 aliphatic rings. The Bertz CT molecular complexity index is 626. The number of allylic oxidation sites excluding steroid dienone is 4. The summed E-state index contributed by atoms with van der Waals surface area (Å²) in [6, 6.07) is 22.1. The molecule has 0 nitrogen and oxygen atoms in total. The van der Waals surface area contributed by atoms with Crippen molar-refractivity contribution in [3.05, 3.63) is 96.1 Å². The normalized spacial score (nSPS) is 26.3. The van der Waals surface area contributed by atoms with Crippen LogP contribution in [0.3, 0.4) is 0 Å². The van der Waals surface area contributed by atoms with Crippen molar-refractivity contribution in [2.75, 3.05) is 0 Å². The lowest BCUT2D eigenvalue weighted by atomic mass is 9.73. The molecule has 1 fully saturated rings. The first kappa shape index (κ1) is 13.6. The van der Waals surface area contributed by atoms with Gasteiger partial charge in [0.05, 0.1) is 0 Å². The molecular weight excluding hydrogens is 264 g/mol.